The molecule has 0 spiro atoms. The number of imidazole rings is 1. The van der Waals surface area contributed by atoms with Crippen molar-refractivity contribution in [3.63, 3.8) is 0 Å². The van der Waals surface area contributed by atoms with Crippen molar-refractivity contribution >= 4 is 34.2 Å². The number of halogens is 2. The van der Waals surface area contributed by atoms with Gasteiger partial charge >= 0.3 is 5.97 Å². The number of morpholine rings is 1. The van der Waals surface area contributed by atoms with Crippen molar-refractivity contribution in [2.75, 3.05) is 31.2 Å². The first-order valence-electron chi connectivity index (χ1n) is 11.6. The molecule has 0 radical (unpaired) electrons. The second kappa shape index (κ2) is 8.66. The highest BCUT2D eigenvalue weighted by atomic mass is 35.5. The van der Waals surface area contributed by atoms with E-state index in [9.17, 15) is 9.90 Å². The molecule has 1 saturated heterocycles. The van der Waals surface area contributed by atoms with Crippen LogP contribution in [0, 0.1) is 5.82 Å². The molecule has 1 atom stereocenters. The number of fused-ring (bicyclic) bond motifs is 2. The maximum absolute atomic E-state index is 16.0. The Morgan fingerprint density at radius 1 is 1.17 bits per heavy atom. The van der Waals surface area contributed by atoms with Gasteiger partial charge in [0.1, 0.15) is 5.52 Å². The largest absolute Gasteiger partial charge is 0.479 e. The number of aliphatic carboxylic acids is 1. The summed E-state index contributed by atoms with van der Waals surface area (Å²) < 4.78 is 24.7. The molecule has 180 valence electrons. The molecule has 4 heterocycles. The van der Waals surface area contributed by atoms with E-state index < -0.39 is 17.8 Å². The lowest BCUT2D eigenvalue weighted by Gasteiger charge is -2.30. The van der Waals surface area contributed by atoms with Gasteiger partial charge in [0.25, 0.3) is 0 Å². The Balaban J connectivity index is 1.48. The van der Waals surface area contributed by atoms with Gasteiger partial charge in [-0.1, -0.05) is 29.8 Å². The van der Waals surface area contributed by atoms with Crippen LogP contribution in [0.4, 0.5) is 10.1 Å². The molecule has 8 nitrogen and oxygen atoms in total. The highest BCUT2D eigenvalue weighted by Gasteiger charge is 2.32. The molecule has 2 aliphatic heterocycles. The van der Waals surface area contributed by atoms with Crippen LogP contribution in [-0.4, -0.2) is 56.7 Å². The Morgan fingerprint density at radius 2 is 1.97 bits per heavy atom. The van der Waals surface area contributed by atoms with Gasteiger partial charge in [0.15, 0.2) is 11.9 Å². The number of anilines is 1. The number of hydrogen-bond donors (Lipinski definition) is 1. The number of carboxylic acid groups (broad SMARTS) is 1. The number of hydrogen-bond acceptors (Lipinski definition) is 5. The molecule has 4 aromatic rings. The van der Waals surface area contributed by atoms with E-state index in [1.54, 1.807) is 12.4 Å². The Morgan fingerprint density at radius 3 is 2.77 bits per heavy atom. The van der Waals surface area contributed by atoms with Crippen molar-refractivity contribution in [3.05, 3.63) is 65.1 Å². The maximum Gasteiger partial charge on any atom is 0.334 e. The molecular formula is C25H23ClFN5O3. The number of ether oxygens (including phenoxy) is 1. The summed E-state index contributed by atoms with van der Waals surface area (Å²) in [4.78, 5) is 18.8. The molecule has 35 heavy (non-hydrogen) atoms. The lowest BCUT2D eigenvalue weighted by atomic mass is 10.0. The molecule has 0 amide bonds. The van der Waals surface area contributed by atoms with E-state index in [2.05, 4.69) is 15.0 Å². The SMILES string of the molecule is O=C(O)C(c1ncn2c1CCC2)n1cc2c(Cl)cc(-c3ccccc3N3CCOCC3)c(F)c2n1. The highest BCUT2D eigenvalue weighted by Crippen LogP contribution is 2.39. The lowest BCUT2D eigenvalue weighted by molar-refractivity contribution is -0.139. The number of benzene rings is 2. The Kier molecular flexibility index (Phi) is 5.46. The van der Waals surface area contributed by atoms with Crippen LogP contribution in [0.1, 0.15) is 23.9 Å². The molecule has 1 N–H and O–H groups in total. The first-order valence-corrected chi connectivity index (χ1v) is 12.0. The Hall–Kier alpha value is -3.43. The zero-order valence-electron chi connectivity index (χ0n) is 18.8. The average molecular weight is 496 g/mol. The Labute approximate surface area is 205 Å². The van der Waals surface area contributed by atoms with Crippen molar-refractivity contribution < 1.29 is 19.0 Å². The van der Waals surface area contributed by atoms with E-state index in [0.717, 1.165) is 30.8 Å². The number of rotatable bonds is 5. The molecule has 10 heteroatoms. The normalized spacial score (nSPS) is 16.6. The van der Waals surface area contributed by atoms with Crippen molar-refractivity contribution in [2.24, 2.45) is 0 Å². The third kappa shape index (κ3) is 3.66. The molecule has 2 aromatic carbocycles. The van der Waals surface area contributed by atoms with Crippen LogP contribution in [0.25, 0.3) is 22.0 Å². The summed E-state index contributed by atoms with van der Waals surface area (Å²) in [5.74, 6) is -1.65. The van der Waals surface area contributed by atoms with Gasteiger partial charge in [0.05, 0.1) is 30.3 Å². The quantitative estimate of drug-likeness (QED) is 0.448. The minimum absolute atomic E-state index is 0.0337. The summed E-state index contributed by atoms with van der Waals surface area (Å²) in [7, 11) is 0. The fourth-order valence-electron chi connectivity index (χ4n) is 5.12. The van der Waals surface area contributed by atoms with E-state index in [1.807, 2.05) is 28.8 Å². The predicted molar refractivity (Wildman–Crippen MR) is 129 cm³/mol. The van der Waals surface area contributed by atoms with Crippen LogP contribution in [0.15, 0.2) is 42.9 Å². The van der Waals surface area contributed by atoms with Gasteiger partial charge in [-0.25, -0.2) is 14.2 Å². The lowest BCUT2D eigenvalue weighted by Crippen LogP contribution is -2.36. The smallest absolute Gasteiger partial charge is 0.334 e. The van der Waals surface area contributed by atoms with Gasteiger partial charge in [-0.15, -0.1) is 0 Å². The van der Waals surface area contributed by atoms with E-state index in [-0.39, 0.29) is 5.52 Å². The predicted octanol–water partition coefficient (Wildman–Crippen LogP) is 4.15. The van der Waals surface area contributed by atoms with Gasteiger partial charge in [-0.05, 0) is 25.0 Å². The van der Waals surface area contributed by atoms with Crippen molar-refractivity contribution in [1.82, 2.24) is 19.3 Å². The number of para-hydroxylation sites is 1. The maximum atomic E-state index is 16.0. The van der Waals surface area contributed by atoms with Crippen molar-refractivity contribution in [3.8, 4) is 11.1 Å². The van der Waals surface area contributed by atoms with E-state index in [4.69, 9.17) is 16.3 Å². The number of carbonyl (C=O) groups is 1. The summed E-state index contributed by atoms with van der Waals surface area (Å²) >= 11 is 6.62. The second-order valence-corrected chi connectivity index (χ2v) is 9.23. The first kappa shape index (κ1) is 22.1. The average Bonchev–Trinajstić information content (AvgIpc) is 3.60. The molecule has 0 aliphatic carbocycles. The van der Waals surface area contributed by atoms with Gasteiger partial charge < -0.3 is 19.3 Å². The molecule has 2 aromatic heterocycles. The topological polar surface area (TPSA) is 85.4 Å². The molecule has 6 rings (SSSR count). The zero-order chi connectivity index (χ0) is 24.1. The number of aryl methyl sites for hydroxylation is 1. The van der Waals surface area contributed by atoms with Crippen LogP contribution < -0.4 is 4.90 Å². The van der Waals surface area contributed by atoms with Crippen LogP contribution in [-0.2, 0) is 22.5 Å². The van der Waals surface area contributed by atoms with E-state index in [1.165, 1.54) is 10.9 Å². The van der Waals surface area contributed by atoms with Crippen LogP contribution in [0.5, 0.6) is 0 Å². The van der Waals surface area contributed by atoms with Gasteiger partial charge in [0, 0.05) is 53.7 Å². The van der Waals surface area contributed by atoms with Crippen molar-refractivity contribution in [2.45, 2.75) is 25.4 Å². The molecule has 0 saturated carbocycles. The van der Waals surface area contributed by atoms with Crippen molar-refractivity contribution in [1.29, 1.82) is 0 Å². The summed E-state index contributed by atoms with van der Waals surface area (Å²) in [6.45, 7) is 3.43. The standard InChI is InChI=1S/C25H23ClFN5O3/c26-18-12-16(15-4-1-2-5-19(15)30-8-10-35-11-9-30)21(27)22-17(18)13-32(29-22)24(25(33)34)23-20-6-3-7-31(20)14-28-23/h1-2,4-5,12-14,24H,3,6-11H2,(H,33,34). The molecule has 2 aliphatic rings. The summed E-state index contributed by atoms with van der Waals surface area (Å²) in [5.41, 5.74) is 3.25. The van der Waals surface area contributed by atoms with Gasteiger partial charge in [0.2, 0.25) is 0 Å². The zero-order valence-corrected chi connectivity index (χ0v) is 19.6. The second-order valence-electron chi connectivity index (χ2n) is 8.82. The number of nitrogens with zero attached hydrogens (tertiary/aromatic N) is 5. The monoisotopic (exact) mass is 495 g/mol. The fourth-order valence-corrected chi connectivity index (χ4v) is 5.37. The Bertz CT molecular complexity index is 1440. The minimum Gasteiger partial charge on any atom is -0.479 e. The molecule has 1 fully saturated rings. The highest BCUT2D eigenvalue weighted by molar-refractivity contribution is 6.35. The van der Waals surface area contributed by atoms with E-state index in [0.29, 0.717) is 53.5 Å². The van der Waals surface area contributed by atoms with Gasteiger partial charge in [-0.3, -0.25) is 4.68 Å². The fraction of sp³-hybridized carbons (Fsp3) is 0.320. The summed E-state index contributed by atoms with van der Waals surface area (Å²) in [5, 5.41) is 15.1. The summed E-state index contributed by atoms with van der Waals surface area (Å²) in [6.07, 6.45) is 4.84. The first-order chi connectivity index (χ1) is 17.0. The molecular weight excluding hydrogens is 473 g/mol. The third-order valence-corrected chi connectivity index (χ3v) is 7.11. The van der Waals surface area contributed by atoms with Gasteiger partial charge in [-0.2, -0.15) is 5.10 Å². The number of carboxylic acids is 1. The molecule has 0 bridgehead atoms. The van der Waals surface area contributed by atoms with Crippen LogP contribution >= 0.6 is 11.6 Å². The number of aromatic nitrogens is 4. The minimum atomic E-state index is -1.17. The van der Waals surface area contributed by atoms with Crippen LogP contribution in [0.2, 0.25) is 5.02 Å². The molecule has 1 unspecified atom stereocenters. The van der Waals surface area contributed by atoms with Crippen LogP contribution in [0.3, 0.4) is 0 Å². The van der Waals surface area contributed by atoms with E-state index >= 15 is 4.39 Å². The third-order valence-electron chi connectivity index (χ3n) is 6.80. The summed E-state index contributed by atoms with van der Waals surface area (Å²) in [6, 6.07) is 8.01.